The highest BCUT2D eigenvalue weighted by Gasteiger charge is 2.26. The number of para-hydroxylation sites is 1. The third kappa shape index (κ3) is 7.84. The number of benzene rings is 2. The van der Waals surface area contributed by atoms with Gasteiger partial charge >= 0.3 is 0 Å². The Kier molecular flexibility index (Phi) is 16.4. The van der Waals surface area contributed by atoms with Crippen LogP contribution < -0.4 is 4.74 Å². The van der Waals surface area contributed by atoms with Crippen LogP contribution in [0.1, 0.15) is 71.3 Å². The average molecular weight is 343 g/mol. The first kappa shape index (κ1) is 24.9. The number of allylic oxidation sites excluding steroid dienone is 1. The van der Waals surface area contributed by atoms with Crippen molar-refractivity contribution in [2.75, 3.05) is 0 Å². The minimum Gasteiger partial charge on any atom is -0.452 e. The van der Waals surface area contributed by atoms with E-state index in [0.717, 1.165) is 5.56 Å². The Morgan fingerprint density at radius 3 is 1.68 bits per heavy atom. The van der Waals surface area contributed by atoms with E-state index in [1.165, 1.54) is 0 Å². The molecule has 2 heteroatoms. The van der Waals surface area contributed by atoms with Crippen LogP contribution in [0.2, 0.25) is 0 Å². The molecule has 0 saturated carbocycles. The first-order valence-corrected chi connectivity index (χ1v) is 9.43. The molecule has 25 heavy (non-hydrogen) atoms. The fourth-order valence-corrected chi connectivity index (χ4v) is 1.84. The number of carbonyl (C=O) groups is 1. The molecule has 1 aliphatic rings. The zero-order valence-electron chi connectivity index (χ0n) is 17.1. The van der Waals surface area contributed by atoms with E-state index in [-0.39, 0.29) is 5.78 Å². The van der Waals surface area contributed by atoms with E-state index in [1.54, 1.807) is 18.2 Å². The van der Waals surface area contributed by atoms with Gasteiger partial charge < -0.3 is 4.74 Å². The van der Waals surface area contributed by atoms with E-state index in [2.05, 4.69) is 0 Å². The number of ether oxygens (including phenoxy) is 1. The molecule has 0 spiro atoms. The van der Waals surface area contributed by atoms with Crippen molar-refractivity contribution in [1.29, 1.82) is 0 Å². The standard InChI is InChI=1S/C15H10O2.4C2H6/c16-15-12-8-4-5-9-13(12)17-14(15)10-11-6-2-1-3-7-11;4*1-2/h1-10H;4*1-2H3/b14-10-;;;;. The number of ketones is 1. The second-order valence-corrected chi connectivity index (χ2v) is 3.85. The van der Waals surface area contributed by atoms with Crippen molar-refractivity contribution in [2.45, 2.75) is 55.4 Å². The summed E-state index contributed by atoms with van der Waals surface area (Å²) in [6.45, 7) is 16.0. The highest BCUT2D eigenvalue weighted by Crippen LogP contribution is 2.31. The average Bonchev–Trinajstić information content (AvgIpc) is 3.05. The molecule has 0 amide bonds. The van der Waals surface area contributed by atoms with Crippen molar-refractivity contribution in [1.82, 2.24) is 0 Å². The van der Waals surface area contributed by atoms with Gasteiger partial charge in [0.1, 0.15) is 5.75 Å². The highest BCUT2D eigenvalue weighted by atomic mass is 16.5. The molecule has 138 valence electrons. The van der Waals surface area contributed by atoms with Crippen LogP contribution in [0.25, 0.3) is 6.08 Å². The Balaban J connectivity index is 0. The Morgan fingerprint density at radius 1 is 0.680 bits per heavy atom. The number of fused-ring (bicyclic) bond motifs is 1. The summed E-state index contributed by atoms with van der Waals surface area (Å²) in [6, 6.07) is 17.0. The molecule has 0 bridgehead atoms. The molecule has 1 aliphatic heterocycles. The quantitative estimate of drug-likeness (QED) is 0.504. The summed E-state index contributed by atoms with van der Waals surface area (Å²) in [4.78, 5) is 12.0. The Morgan fingerprint density at radius 2 is 1.16 bits per heavy atom. The Labute approximate surface area is 154 Å². The monoisotopic (exact) mass is 342 g/mol. The molecule has 0 atom stereocenters. The molecule has 0 saturated heterocycles. The van der Waals surface area contributed by atoms with Crippen molar-refractivity contribution >= 4 is 11.9 Å². The van der Waals surface area contributed by atoms with Gasteiger partial charge in [-0.1, -0.05) is 97.9 Å². The molecule has 2 aromatic rings. The van der Waals surface area contributed by atoms with Crippen LogP contribution in [0.3, 0.4) is 0 Å². The van der Waals surface area contributed by atoms with Gasteiger partial charge in [-0.05, 0) is 23.8 Å². The van der Waals surface area contributed by atoms with Crippen molar-refractivity contribution in [2.24, 2.45) is 0 Å². The molecule has 0 fully saturated rings. The van der Waals surface area contributed by atoms with Crippen LogP contribution in [0.5, 0.6) is 5.75 Å². The largest absolute Gasteiger partial charge is 0.452 e. The fourth-order valence-electron chi connectivity index (χ4n) is 1.84. The number of hydrogen-bond donors (Lipinski definition) is 0. The minimum absolute atomic E-state index is 0.0514. The molecule has 0 N–H and O–H groups in total. The summed E-state index contributed by atoms with van der Waals surface area (Å²) in [6.07, 6.45) is 1.77. The van der Waals surface area contributed by atoms with Gasteiger partial charge in [0.2, 0.25) is 5.78 Å². The summed E-state index contributed by atoms with van der Waals surface area (Å²) in [7, 11) is 0. The summed E-state index contributed by atoms with van der Waals surface area (Å²) >= 11 is 0. The first-order valence-electron chi connectivity index (χ1n) is 9.43. The van der Waals surface area contributed by atoms with Crippen LogP contribution in [-0.4, -0.2) is 5.78 Å². The van der Waals surface area contributed by atoms with Crippen molar-refractivity contribution in [3.63, 3.8) is 0 Å². The third-order valence-corrected chi connectivity index (χ3v) is 2.67. The van der Waals surface area contributed by atoms with Crippen LogP contribution in [-0.2, 0) is 0 Å². The number of carbonyl (C=O) groups excluding carboxylic acids is 1. The summed E-state index contributed by atoms with van der Waals surface area (Å²) in [5.41, 5.74) is 1.60. The first-order chi connectivity index (χ1) is 12.3. The van der Waals surface area contributed by atoms with Gasteiger partial charge in [0.25, 0.3) is 0 Å². The lowest BCUT2D eigenvalue weighted by Gasteiger charge is -1.97. The van der Waals surface area contributed by atoms with Gasteiger partial charge in [-0.15, -0.1) is 0 Å². The lowest BCUT2D eigenvalue weighted by atomic mass is 10.1. The molecule has 2 nitrogen and oxygen atoms in total. The van der Waals surface area contributed by atoms with Gasteiger partial charge in [0.15, 0.2) is 5.76 Å². The zero-order valence-corrected chi connectivity index (χ0v) is 17.1. The van der Waals surface area contributed by atoms with E-state index < -0.39 is 0 Å². The maximum atomic E-state index is 12.0. The van der Waals surface area contributed by atoms with Gasteiger partial charge in [-0.3, -0.25) is 4.79 Å². The fraction of sp³-hybridized carbons (Fsp3) is 0.348. The maximum Gasteiger partial charge on any atom is 0.231 e. The highest BCUT2D eigenvalue weighted by molar-refractivity contribution is 6.14. The molecular weight excluding hydrogens is 308 g/mol. The van der Waals surface area contributed by atoms with E-state index in [9.17, 15) is 4.79 Å². The lowest BCUT2D eigenvalue weighted by molar-refractivity contribution is 0.101. The smallest absolute Gasteiger partial charge is 0.231 e. The Bertz CT molecular complexity index is 598. The van der Waals surface area contributed by atoms with Crippen molar-refractivity contribution < 1.29 is 9.53 Å². The molecule has 0 aliphatic carbocycles. The van der Waals surface area contributed by atoms with E-state index >= 15 is 0 Å². The van der Waals surface area contributed by atoms with E-state index in [4.69, 9.17) is 4.74 Å². The van der Waals surface area contributed by atoms with E-state index in [1.807, 2.05) is 97.9 Å². The minimum atomic E-state index is -0.0514. The molecular formula is C23H34O2. The van der Waals surface area contributed by atoms with Crippen molar-refractivity contribution in [3.8, 4) is 5.75 Å². The zero-order chi connectivity index (χ0) is 19.7. The van der Waals surface area contributed by atoms with Crippen LogP contribution in [0.15, 0.2) is 60.4 Å². The maximum absolute atomic E-state index is 12.0. The van der Waals surface area contributed by atoms with Gasteiger partial charge in [0, 0.05) is 0 Å². The molecule has 0 aromatic heterocycles. The van der Waals surface area contributed by atoms with Gasteiger partial charge in [0.05, 0.1) is 5.56 Å². The second kappa shape index (κ2) is 16.5. The lowest BCUT2D eigenvalue weighted by Crippen LogP contribution is -1.97. The summed E-state index contributed by atoms with van der Waals surface area (Å²) in [5.74, 6) is 0.974. The number of rotatable bonds is 1. The van der Waals surface area contributed by atoms with Gasteiger partial charge in [-0.2, -0.15) is 0 Å². The summed E-state index contributed by atoms with van der Waals surface area (Å²) < 4.78 is 5.53. The Hall–Kier alpha value is -2.35. The topological polar surface area (TPSA) is 26.3 Å². The van der Waals surface area contributed by atoms with Crippen molar-refractivity contribution in [3.05, 3.63) is 71.5 Å². The molecule has 0 unspecified atom stereocenters. The second-order valence-electron chi connectivity index (χ2n) is 3.85. The molecule has 3 rings (SSSR count). The molecule has 0 radical (unpaired) electrons. The van der Waals surface area contributed by atoms with Gasteiger partial charge in [-0.25, -0.2) is 0 Å². The molecule has 1 heterocycles. The third-order valence-electron chi connectivity index (χ3n) is 2.67. The van der Waals surface area contributed by atoms with Crippen LogP contribution in [0.4, 0.5) is 0 Å². The van der Waals surface area contributed by atoms with E-state index in [0.29, 0.717) is 17.1 Å². The molecule has 2 aromatic carbocycles. The SMILES string of the molecule is CC.CC.CC.CC.O=C1/C(=C/c2ccccc2)Oc2ccccc21. The number of hydrogen-bond acceptors (Lipinski definition) is 2. The predicted molar refractivity (Wildman–Crippen MR) is 111 cm³/mol. The summed E-state index contributed by atoms with van der Waals surface area (Å²) in [5, 5.41) is 0. The predicted octanol–water partition coefficient (Wildman–Crippen LogP) is 7.41. The van der Waals surface area contributed by atoms with Crippen LogP contribution >= 0.6 is 0 Å². The normalized spacial score (nSPS) is 11.7. The number of Topliss-reactive ketones (excluding diaryl/α,β-unsaturated/α-hetero) is 1. The van der Waals surface area contributed by atoms with Crippen LogP contribution in [0, 0.1) is 0 Å².